The second-order valence-electron chi connectivity index (χ2n) is 5.37. The van der Waals surface area contributed by atoms with Crippen molar-refractivity contribution in [1.82, 2.24) is 0 Å². The van der Waals surface area contributed by atoms with E-state index in [2.05, 4.69) is 5.32 Å². The van der Waals surface area contributed by atoms with E-state index in [-0.39, 0.29) is 12.2 Å². The van der Waals surface area contributed by atoms with Crippen LogP contribution in [0.15, 0.2) is 48.5 Å². The Kier molecular flexibility index (Phi) is 4.15. The zero-order valence-corrected chi connectivity index (χ0v) is 13.6. The van der Waals surface area contributed by atoms with Crippen molar-refractivity contribution in [2.45, 2.75) is 6.10 Å². The van der Waals surface area contributed by atoms with Crippen LogP contribution in [0, 0.1) is 5.82 Å². The summed E-state index contributed by atoms with van der Waals surface area (Å²) in [6, 6.07) is 12.0. The number of hydrogen-bond acceptors (Lipinski definition) is 4. The Labute approximate surface area is 138 Å². The maximum Gasteiger partial charge on any atom is 0.267 e. The molecule has 6 nitrogen and oxygen atoms in total. The van der Waals surface area contributed by atoms with E-state index in [1.165, 1.54) is 24.3 Å². The molecule has 0 bridgehead atoms. The number of nitrogens with one attached hydrogen (secondary N) is 1. The number of carbonyl (C=O) groups is 1. The number of halogens is 1. The molecule has 1 N–H and O–H groups in total. The van der Waals surface area contributed by atoms with Crippen LogP contribution in [0.4, 0.5) is 15.8 Å². The minimum Gasteiger partial charge on any atom is -0.476 e. The van der Waals surface area contributed by atoms with E-state index >= 15 is 0 Å². The molecule has 0 spiro atoms. The van der Waals surface area contributed by atoms with E-state index in [1.807, 2.05) is 0 Å². The molecule has 1 unspecified atom stereocenters. The van der Waals surface area contributed by atoms with Gasteiger partial charge in [0.15, 0.2) is 6.10 Å². The molecule has 1 amide bonds. The fourth-order valence-corrected chi connectivity index (χ4v) is 3.36. The lowest BCUT2D eigenvalue weighted by Gasteiger charge is -2.33. The standard InChI is InChI=1S/C16H15FN2O4S/c1-24(21,22)19-10-15(23-14-8-3-2-7-13(14)19)16(20)18-12-6-4-5-11(17)9-12/h2-9,15H,10H2,1H3,(H,18,20). The second-order valence-corrected chi connectivity index (χ2v) is 7.27. The quantitative estimate of drug-likeness (QED) is 0.919. The molecule has 0 fully saturated rings. The molecule has 24 heavy (non-hydrogen) atoms. The maximum atomic E-state index is 13.2. The molecule has 0 saturated carbocycles. The van der Waals surface area contributed by atoms with Crippen molar-refractivity contribution < 1.29 is 22.3 Å². The molecule has 1 aliphatic heterocycles. The van der Waals surface area contributed by atoms with Crippen molar-refractivity contribution in [3.05, 3.63) is 54.3 Å². The Hall–Kier alpha value is -2.61. The highest BCUT2D eigenvalue weighted by Gasteiger charge is 2.34. The van der Waals surface area contributed by atoms with Gasteiger partial charge in [0.2, 0.25) is 10.0 Å². The third-order valence-electron chi connectivity index (χ3n) is 3.52. The molecular weight excluding hydrogens is 335 g/mol. The number of nitrogens with zero attached hydrogens (tertiary/aromatic N) is 1. The molecule has 0 radical (unpaired) electrons. The zero-order valence-electron chi connectivity index (χ0n) is 12.8. The van der Waals surface area contributed by atoms with Gasteiger partial charge in [-0.3, -0.25) is 9.10 Å². The number of rotatable bonds is 3. The highest BCUT2D eigenvalue weighted by atomic mass is 32.2. The number of fused-ring (bicyclic) bond motifs is 1. The largest absolute Gasteiger partial charge is 0.476 e. The number of para-hydroxylation sites is 2. The van der Waals surface area contributed by atoms with E-state index < -0.39 is 27.9 Å². The van der Waals surface area contributed by atoms with E-state index in [9.17, 15) is 17.6 Å². The van der Waals surface area contributed by atoms with Crippen molar-refractivity contribution >= 4 is 27.3 Å². The smallest absolute Gasteiger partial charge is 0.267 e. The van der Waals surface area contributed by atoms with Gasteiger partial charge < -0.3 is 10.1 Å². The van der Waals surface area contributed by atoms with Gasteiger partial charge in [0, 0.05) is 5.69 Å². The van der Waals surface area contributed by atoms with Gasteiger partial charge in [-0.05, 0) is 30.3 Å². The van der Waals surface area contributed by atoms with Crippen molar-refractivity contribution in [3.8, 4) is 5.75 Å². The number of sulfonamides is 1. The molecular formula is C16H15FN2O4S. The summed E-state index contributed by atoms with van der Waals surface area (Å²) in [5, 5.41) is 2.53. The number of anilines is 2. The van der Waals surface area contributed by atoms with Gasteiger partial charge >= 0.3 is 0 Å². The monoisotopic (exact) mass is 350 g/mol. The average Bonchev–Trinajstić information content (AvgIpc) is 2.53. The lowest BCUT2D eigenvalue weighted by Crippen LogP contribution is -2.48. The SMILES string of the molecule is CS(=O)(=O)N1CC(C(=O)Nc2cccc(F)c2)Oc2ccccc21. The third-order valence-corrected chi connectivity index (χ3v) is 4.67. The molecule has 0 aliphatic carbocycles. The molecule has 1 atom stereocenters. The third kappa shape index (κ3) is 3.33. The van der Waals surface area contributed by atoms with Crippen molar-refractivity contribution in [3.63, 3.8) is 0 Å². The Bertz CT molecular complexity index is 885. The molecule has 1 aliphatic rings. The van der Waals surface area contributed by atoms with E-state index in [0.717, 1.165) is 10.6 Å². The first-order chi connectivity index (χ1) is 11.3. The van der Waals surface area contributed by atoms with Crippen LogP contribution in [-0.4, -0.2) is 33.2 Å². The summed E-state index contributed by atoms with van der Waals surface area (Å²) in [5.41, 5.74) is 0.656. The van der Waals surface area contributed by atoms with E-state index in [0.29, 0.717) is 11.4 Å². The highest BCUT2D eigenvalue weighted by molar-refractivity contribution is 7.92. The molecule has 8 heteroatoms. The van der Waals surface area contributed by atoms with Crippen molar-refractivity contribution in [2.75, 3.05) is 22.4 Å². The predicted octanol–water partition coefficient (Wildman–Crippen LogP) is 1.99. The lowest BCUT2D eigenvalue weighted by molar-refractivity contribution is -0.122. The highest BCUT2D eigenvalue weighted by Crippen LogP contribution is 2.34. The van der Waals surface area contributed by atoms with Crippen LogP contribution in [0.1, 0.15) is 0 Å². The van der Waals surface area contributed by atoms with Crippen LogP contribution in [0.3, 0.4) is 0 Å². The number of benzene rings is 2. The minimum absolute atomic E-state index is 0.156. The van der Waals surface area contributed by atoms with Crippen LogP contribution < -0.4 is 14.4 Å². The van der Waals surface area contributed by atoms with Crippen LogP contribution in [0.5, 0.6) is 5.75 Å². The second kappa shape index (κ2) is 6.12. The van der Waals surface area contributed by atoms with Crippen molar-refractivity contribution in [1.29, 1.82) is 0 Å². The van der Waals surface area contributed by atoms with Gasteiger partial charge in [-0.1, -0.05) is 18.2 Å². The minimum atomic E-state index is -3.57. The lowest BCUT2D eigenvalue weighted by atomic mass is 10.2. The maximum absolute atomic E-state index is 13.2. The predicted molar refractivity (Wildman–Crippen MR) is 88.1 cm³/mol. The Morgan fingerprint density at radius 2 is 2.00 bits per heavy atom. The van der Waals surface area contributed by atoms with E-state index in [4.69, 9.17) is 4.74 Å². The molecule has 2 aromatic carbocycles. The number of carbonyl (C=O) groups excluding carboxylic acids is 1. The van der Waals surface area contributed by atoms with Gasteiger partial charge in [0.25, 0.3) is 5.91 Å². The number of ether oxygens (including phenoxy) is 1. The summed E-state index contributed by atoms with van der Waals surface area (Å²) in [6.07, 6.45) is 0.0225. The van der Waals surface area contributed by atoms with Crippen LogP contribution in [0.2, 0.25) is 0 Å². The Balaban J connectivity index is 1.86. The first-order valence-corrected chi connectivity index (χ1v) is 8.99. The molecule has 1 heterocycles. The fraction of sp³-hybridized carbons (Fsp3) is 0.188. The topological polar surface area (TPSA) is 75.7 Å². The average molecular weight is 350 g/mol. The van der Waals surface area contributed by atoms with Crippen LogP contribution in [-0.2, 0) is 14.8 Å². The molecule has 0 aromatic heterocycles. The van der Waals surface area contributed by atoms with Crippen LogP contribution in [0.25, 0.3) is 0 Å². The zero-order chi connectivity index (χ0) is 17.3. The van der Waals surface area contributed by atoms with E-state index in [1.54, 1.807) is 24.3 Å². The Morgan fingerprint density at radius 3 is 2.71 bits per heavy atom. The fourth-order valence-electron chi connectivity index (χ4n) is 2.44. The normalized spacial score (nSPS) is 16.9. The van der Waals surface area contributed by atoms with Gasteiger partial charge in [-0.2, -0.15) is 0 Å². The summed E-state index contributed by atoms with van der Waals surface area (Å²) in [6.45, 7) is -0.156. The first kappa shape index (κ1) is 16.3. The molecule has 2 aromatic rings. The first-order valence-electron chi connectivity index (χ1n) is 7.14. The van der Waals surface area contributed by atoms with Crippen molar-refractivity contribution in [2.24, 2.45) is 0 Å². The number of hydrogen-bond donors (Lipinski definition) is 1. The summed E-state index contributed by atoms with van der Waals surface area (Å²) in [4.78, 5) is 12.4. The summed E-state index contributed by atoms with van der Waals surface area (Å²) < 4.78 is 44.0. The summed E-state index contributed by atoms with van der Waals surface area (Å²) >= 11 is 0. The summed E-state index contributed by atoms with van der Waals surface area (Å²) in [7, 11) is -3.57. The van der Waals surface area contributed by atoms with Gasteiger partial charge in [0.05, 0.1) is 18.5 Å². The van der Waals surface area contributed by atoms with Gasteiger partial charge in [-0.15, -0.1) is 0 Å². The van der Waals surface area contributed by atoms with Gasteiger partial charge in [0.1, 0.15) is 11.6 Å². The number of amides is 1. The molecule has 0 saturated heterocycles. The van der Waals surface area contributed by atoms with Gasteiger partial charge in [-0.25, -0.2) is 12.8 Å². The summed E-state index contributed by atoms with van der Waals surface area (Å²) in [5.74, 6) is -0.738. The molecule has 126 valence electrons. The Morgan fingerprint density at radius 1 is 1.25 bits per heavy atom. The van der Waals surface area contributed by atoms with Crippen LogP contribution >= 0.6 is 0 Å². The molecule has 3 rings (SSSR count).